The number of nitrogens with zero attached hydrogens (tertiary/aromatic N) is 2. The molecule has 0 spiro atoms. The Kier molecular flexibility index (Phi) is 3.61. The first-order valence-corrected chi connectivity index (χ1v) is 4.23. The number of carbonyl (C=O) groups is 1. The number of imidazole rings is 1. The van der Waals surface area contributed by atoms with Gasteiger partial charge in [-0.1, -0.05) is 0 Å². The Morgan fingerprint density at radius 2 is 2.43 bits per heavy atom. The number of aliphatic hydroxyl groups is 1. The fraction of sp³-hybridized carbons (Fsp3) is 0.500. The summed E-state index contributed by atoms with van der Waals surface area (Å²) in [4.78, 5) is 14.4. The van der Waals surface area contributed by atoms with Crippen molar-refractivity contribution in [2.75, 3.05) is 6.61 Å². The van der Waals surface area contributed by atoms with Crippen molar-refractivity contribution >= 4 is 5.97 Å². The molecule has 0 saturated heterocycles. The minimum atomic E-state index is -1.04. The number of carboxylic acids is 1. The van der Waals surface area contributed by atoms with E-state index in [1.54, 1.807) is 17.1 Å². The van der Waals surface area contributed by atoms with Crippen molar-refractivity contribution in [2.24, 2.45) is 5.73 Å². The van der Waals surface area contributed by atoms with Crippen LogP contribution in [0.25, 0.3) is 0 Å². The number of aliphatic carboxylic acids is 1. The largest absolute Gasteiger partial charge is 0.480 e. The van der Waals surface area contributed by atoms with Crippen LogP contribution >= 0.6 is 0 Å². The third-order valence-electron chi connectivity index (χ3n) is 1.79. The molecule has 6 nitrogen and oxygen atoms in total. The van der Waals surface area contributed by atoms with Crippen LogP contribution in [0.15, 0.2) is 12.5 Å². The first kappa shape index (κ1) is 10.7. The topological polar surface area (TPSA) is 101 Å². The number of aliphatic hydroxyl groups excluding tert-OH is 1. The molecule has 0 fully saturated rings. The lowest BCUT2D eigenvalue weighted by Gasteiger charge is -2.02. The second-order valence-corrected chi connectivity index (χ2v) is 2.98. The van der Waals surface area contributed by atoms with E-state index in [0.29, 0.717) is 12.2 Å². The van der Waals surface area contributed by atoms with Crippen molar-refractivity contribution in [3.63, 3.8) is 0 Å². The smallest absolute Gasteiger partial charge is 0.320 e. The number of hydrogen-bond acceptors (Lipinski definition) is 4. The van der Waals surface area contributed by atoms with Gasteiger partial charge in [0.05, 0.1) is 18.6 Å². The van der Waals surface area contributed by atoms with Crippen molar-refractivity contribution in [2.45, 2.75) is 19.0 Å². The number of nitrogens with two attached hydrogens (primary N) is 1. The van der Waals surface area contributed by atoms with E-state index in [0.717, 1.165) is 0 Å². The predicted molar refractivity (Wildman–Crippen MR) is 48.6 cm³/mol. The van der Waals surface area contributed by atoms with E-state index in [-0.39, 0.29) is 13.0 Å². The normalized spacial score (nSPS) is 12.7. The fourth-order valence-corrected chi connectivity index (χ4v) is 1.06. The summed E-state index contributed by atoms with van der Waals surface area (Å²) in [7, 11) is 0. The molecule has 1 atom stereocenters. The maximum absolute atomic E-state index is 10.4. The average molecular weight is 199 g/mol. The summed E-state index contributed by atoms with van der Waals surface area (Å²) in [6.07, 6.45) is 3.42. The molecular weight excluding hydrogens is 186 g/mol. The van der Waals surface area contributed by atoms with Gasteiger partial charge in [0, 0.05) is 19.2 Å². The summed E-state index contributed by atoms with van der Waals surface area (Å²) in [5, 5.41) is 17.2. The van der Waals surface area contributed by atoms with E-state index in [4.69, 9.17) is 15.9 Å². The molecule has 1 rings (SSSR count). The summed E-state index contributed by atoms with van der Waals surface area (Å²) in [6.45, 7) is 0.482. The van der Waals surface area contributed by atoms with Crippen molar-refractivity contribution < 1.29 is 15.0 Å². The SMILES string of the molecule is N[C@@H](Cc1cn(CCO)cn1)C(=O)O. The molecule has 14 heavy (non-hydrogen) atoms. The summed E-state index contributed by atoms with van der Waals surface area (Å²) in [5.41, 5.74) is 5.95. The highest BCUT2D eigenvalue weighted by molar-refractivity contribution is 5.73. The van der Waals surface area contributed by atoms with Gasteiger partial charge in [0.25, 0.3) is 0 Å². The van der Waals surface area contributed by atoms with E-state index >= 15 is 0 Å². The maximum atomic E-state index is 10.4. The Morgan fingerprint density at radius 3 is 3.00 bits per heavy atom. The van der Waals surface area contributed by atoms with Gasteiger partial charge in [-0.15, -0.1) is 0 Å². The highest BCUT2D eigenvalue weighted by Gasteiger charge is 2.13. The van der Waals surface area contributed by atoms with Crippen molar-refractivity contribution in [1.82, 2.24) is 9.55 Å². The third kappa shape index (κ3) is 2.82. The molecule has 0 amide bonds. The Labute approximate surface area is 81.0 Å². The van der Waals surface area contributed by atoms with E-state index < -0.39 is 12.0 Å². The molecule has 1 aromatic heterocycles. The van der Waals surface area contributed by atoms with Crippen LogP contribution in [0, 0.1) is 0 Å². The van der Waals surface area contributed by atoms with E-state index in [9.17, 15) is 4.79 Å². The lowest BCUT2D eigenvalue weighted by molar-refractivity contribution is -0.138. The van der Waals surface area contributed by atoms with E-state index in [1.165, 1.54) is 0 Å². The van der Waals surface area contributed by atoms with Gasteiger partial charge >= 0.3 is 5.97 Å². The van der Waals surface area contributed by atoms with E-state index in [2.05, 4.69) is 4.98 Å². The van der Waals surface area contributed by atoms with Crippen LogP contribution in [0.3, 0.4) is 0 Å². The summed E-state index contributed by atoms with van der Waals surface area (Å²) in [5.74, 6) is -1.04. The van der Waals surface area contributed by atoms with Gasteiger partial charge in [0.1, 0.15) is 6.04 Å². The Hall–Kier alpha value is -1.40. The molecule has 0 aromatic carbocycles. The molecule has 0 saturated carbocycles. The molecule has 0 bridgehead atoms. The average Bonchev–Trinajstić information content (AvgIpc) is 2.53. The van der Waals surface area contributed by atoms with Crippen LogP contribution in [0.4, 0.5) is 0 Å². The zero-order chi connectivity index (χ0) is 10.6. The quantitative estimate of drug-likeness (QED) is 0.554. The Balaban J connectivity index is 2.55. The molecule has 0 aliphatic rings. The van der Waals surface area contributed by atoms with Gasteiger partial charge in [-0.05, 0) is 0 Å². The molecule has 1 heterocycles. The van der Waals surface area contributed by atoms with Crippen LogP contribution in [0.5, 0.6) is 0 Å². The van der Waals surface area contributed by atoms with E-state index in [1.807, 2.05) is 0 Å². The Morgan fingerprint density at radius 1 is 1.71 bits per heavy atom. The van der Waals surface area contributed by atoms with Crippen LogP contribution in [0.1, 0.15) is 5.69 Å². The molecular formula is C8H13N3O3. The first-order valence-electron chi connectivity index (χ1n) is 4.23. The molecule has 0 unspecified atom stereocenters. The minimum Gasteiger partial charge on any atom is -0.480 e. The van der Waals surface area contributed by atoms with Gasteiger partial charge in [0.15, 0.2) is 0 Å². The van der Waals surface area contributed by atoms with Gasteiger partial charge in [-0.3, -0.25) is 4.79 Å². The Bertz CT molecular complexity index is 311. The lowest BCUT2D eigenvalue weighted by Crippen LogP contribution is -2.32. The molecule has 0 aliphatic heterocycles. The third-order valence-corrected chi connectivity index (χ3v) is 1.79. The van der Waals surface area contributed by atoms with Crippen LogP contribution < -0.4 is 5.73 Å². The highest BCUT2D eigenvalue weighted by Crippen LogP contribution is 1.99. The zero-order valence-corrected chi connectivity index (χ0v) is 7.63. The van der Waals surface area contributed by atoms with Crippen molar-refractivity contribution in [3.05, 3.63) is 18.2 Å². The van der Waals surface area contributed by atoms with Crippen LogP contribution in [-0.4, -0.2) is 38.4 Å². The standard InChI is InChI=1S/C8H13N3O3/c9-7(8(13)14)3-6-4-11(1-2-12)5-10-6/h4-5,7,12H,1-3,9H2,(H,13,14)/t7-/m0/s1. The molecule has 4 N–H and O–H groups in total. The molecule has 1 aromatic rings. The highest BCUT2D eigenvalue weighted by atomic mass is 16.4. The van der Waals surface area contributed by atoms with Crippen LogP contribution in [0.2, 0.25) is 0 Å². The second-order valence-electron chi connectivity index (χ2n) is 2.98. The van der Waals surface area contributed by atoms with Gasteiger partial charge in [0.2, 0.25) is 0 Å². The van der Waals surface area contributed by atoms with Crippen molar-refractivity contribution in [3.8, 4) is 0 Å². The lowest BCUT2D eigenvalue weighted by atomic mass is 10.2. The summed E-state index contributed by atoms with van der Waals surface area (Å²) in [6, 6.07) is -0.924. The number of carboxylic acid groups (broad SMARTS) is 1. The molecule has 0 radical (unpaired) electrons. The summed E-state index contributed by atoms with van der Waals surface area (Å²) >= 11 is 0. The van der Waals surface area contributed by atoms with Gasteiger partial charge in [-0.2, -0.15) is 0 Å². The number of rotatable bonds is 5. The molecule has 6 heteroatoms. The summed E-state index contributed by atoms with van der Waals surface area (Å²) < 4.78 is 1.68. The van der Waals surface area contributed by atoms with Crippen LogP contribution in [-0.2, 0) is 17.8 Å². The first-order chi connectivity index (χ1) is 6.63. The number of hydrogen-bond donors (Lipinski definition) is 3. The van der Waals surface area contributed by atoms with Gasteiger partial charge < -0.3 is 20.5 Å². The predicted octanol–water partition coefficient (Wildman–Crippen LogP) is -1.17. The van der Waals surface area contributed by atoms with Gasteiger partial charge in [-0.25, -0.2) is 4.98 Å². The molecule has 78 valence electrons. The van der Waals surface area contributed by atoms with Crippen molar-refractivity contribution in [1.29, 1.82) is 0 Å². The second kappa shape index (κ2) is 4.73. The zero-order valence-electron chi connectivity index (χ0n) is 7.63. The maximum Gasteiger partial charge on any atom is 0.320 e. The number of aromatic nitrogens is 2. The minimum absolute atomic E-state index is 0.0286. The monoisotopic (exact) mass is 199 g/mol. The molecule has 0 aliphatic carbocycles. The fourth-order valence-electron chi connectivity index (χ4n) is 1.06.